The van der Waals surface area contributed by atoms with E-state index in [2.05, 4.69) is 4.37 Å². The van der Waals surface area contributed by atoms with Gasteiger partial charge in [0.15, 0.2) is 6.61 Å². The monoisotopic (exact) mass is 660 g/mol. The number of halogens is 3. The molecule has 0 aliphatic heterocycles. The van der Waals surface area contributed by atoms with Crippen molar-refractivity contribution in [1.82, 2.24) is 18.2 Å². The lowest BCUT2D eigenvalue weighted by atomic mass is 10.0. The Hall–Kier alpha value is -4.96. The van der Waals surface area contributed by atoms with Gasteiger partial charge in [-0.15, -0.1) is 0 Å². The van der Waals surface area contributed by atoms with Gasteiger partial charge in [-0.05, 0) is 78.6 Å². The Morgan fingerprint density at radius 2 is 1.69 bits per heavy atom. The molecular weight excluding hydrogens is 637 g/mol. The smallest absolute Gasteiger partial charge is 0.431 e. The van der Waals surface area contributed by atoms with E-state index in [4.69, 9.17) is 9.47 Å². The van der Waals surface area contributed by atoms with Crippen molar-refractivity contribution < 1.29 is 35.9 Å². The third-order valence-corrected chi connectivity index (χ3v) is 8.99. The van der Waals surface area contributed by atoms with Crippen molar-refractivity contribution in [2.75, 3.05) is 13.7 Å². The Balaban J connectivity index is 1.41. The third-order valence-electron chi connectivity index (χ3n) is 6.77. The van der Waals surface area contributed by atoms with Gasteiger partial charge < -0.3 is 9.47 Å². The molecule has 1 amide bonds. The molecule has 0 aliphatic rings. The molecule has 0 radical (unpaired) electrons. The van der Waals surface area contributed by atoms with E-state index in [0.717, 1.165) is 24.1 Å². The highest BCUT2D eigenvalue weighted by atomic mass is 32.2. The molecule has 0 saturated heterocycles. The van der Waals surface area contributed by atoms with E-state index in [-0.39, 0.29) is 16.3 Å². The van der Waals surface area contributed by atoms with Crippen molar-refractivity contribution in [3.63, 3.8) is 0 Å². The molecule has 3 aromatic carbocycles. The van der Waals surface area contributed by atoms with E-state index < -0.39 is 45.7 Å². The van der Waals surface area contributed by atoms with Crippen LogP contribution in [-0.2, 0) is 28.0 Å². The topological polar surface area (TPSA) is 139 Å². The molecule has 1 N–H and O–H groups in total. The molecular formula is C29H23F3N4O7S2. The first-order chi connectivity index (χ1) is 21.2. The zero-order valence-electron chi connectivity index (χ0n) is 23.7. The lowest BCUT2D eigenvalue weighted by Crippen LogP contribution is -2.40. The number of nitrogens with one attached hydrogen (secondary N) is 1. The second-order valence-electron chi connectivity index (χ2n) is 9.72. The van der Waals surface area contributed by atoms with Crippen molar-refractivity contribution in [3.8, 4) is 28.4 Å². The van der Waals surface area contributed by atoms with Gasteiger partial charge in [-0.1, -0.05) is 6.07 Å². The predicted molar refractivity (Wildman–Crippen MR) is 159 cm³/mol. The van der Waals surface area contributed by atoms with Crippen molar-refractivity contribution >= 4 is 37.5 Å². The Labute approximate surface area is 257 Å². The maximum absolute atomic E-state index is 13.3. The Bertz CT molecular complexity index is 2170. The summed E-state index contributed by atoms with van der Waals surface area (Å²) in [6, 6.07) is 15.2. The first-order valence-electron chi connectivity index (χ1n) is 12.9. The minimum absolute atomic E-state index is 0.0445. The van der Waals surface area contributed by atoms with Gasteiger partial charge in [0.25, 0.3) is 21.5 Å². The standard InChI is InChI=1S/C29H23F3N4O7S2/c1-16-4-6-19(43-15-25(37)34-45(40,41)20-9-7-18(42-3)8-10-20)13-21(16)27-22-12-17(5-11-23(22)44-33-27)36-26(38)14-24(29(30,31)32)35(2)28(36)39/h4-14H,15H2,1-3H3,(H,34,37). The van der Waals surface area contributed by atoms with Crippen molar-refractivity contribution in [1.29, 1.82) is 0 Å². The average molecular weight is 661 g/mol. The van der Waals surface area contributed by atoms with Crippen LogP contribution in [0.5, 0.6) is 11.5 Å². The summed E-state index contributed by atoms with van der Waals surface area (Å²) in [5, 5.41) is 0.509. The summed E-state index contributed by atoms with van der Waals surface area (Å²) in [4.78, 5) is 37.8. The first-order valence-corrected chi connectivity index (χ1v) is 15.2. The lowest BCUT2D eigenvalue weighted by Gasteiger charge is -2.14. The van der Waals surface area contributed by atoms with Gasteiger partial charge in [0.1, 0.15) is 17.2 Å². The van der Waals surface area contributed by atoms with E-state index in [1.165, 1.54) is 43.5 Å². The summed E-state index contributed by atoms with van der Waals surface area (Å²) in [7, 11) is -1.79. The summed E-state index contributed by atoms with van der Waals surface area (Å²) >= 11 is 1.12. The van der Waals surface area contributed by atoms with Crippen LogP contribution in [0.25, 0.3) is 27.0 Å². The van der Waals surface area contributed by atoms with E-state index in [1.54, 1.807) is 31.2 Å². The highest BCUT2D eigenvalue weighted by molar-refractivity contribution is 7.90. The largest absolute Gasteiger partial charge is 0.497 e. The van der Waals surface area contributed by atoms with E-state index in [9.17, 15) is 36.0 Å². The minimum atomic E-state index is -4.89. The van der Waals surface area contributed by atoms with Crippen LogP contribution in [0, 0.1) is 6.92 Å². The highest BCUT2D eigenvalue weighted by Gasteiger charge is 2.35. The molecule has 2 heterocycles. The summed E-state index contributed by atoms with van der Waals surface area (Å²) in [6.07, 6.45) is -4.89. The molecule has 45 heavy (non-hydrogen) atoms. The number of hydrogen-bond acceptors (Lipinski definition) is 9. The Morgan fingerprint density at radius 1 is 1.00 bits per heavy atom. The van der Waals surface area contributed by atoms with Gasteiger partial charge in [-0.25, -0.2) is 22.5 Å². The third kappa shape index (κ3) is 6.32. The van der Waals surface area contributed by atoms with Crippen LogP contribution in [0.3, 0.4) is 0 Å². The normalized spacial score (nSPS) is 11.9. The zero-order chi connectivity index (χ0) is 32.7. The molecule has 11 nitrogen and oxygen atoms in total. The Kier molecular flexibility index (Phi) is 8.29. The number of aryl methyl sites for hydroxylation is 1. The molecule has 0 bridgehead atoms. The molecule has 16 heteroatoms. The van der Waals surface area contributed by atoms with E-state index in [1.807, 2.05) is 4.72 Å². The van der Waals surface area contributed by atoms with Gasteiger partial charge in [-0.2, -0.15) is 17.5 Å². The SMILES string of the molecule is COc1ccc(S(=O)(=O)NC(=O)COc2ccc(C)c(-c3nsc4ccc(-n5c(=O)cc(C(F)(F)F)n(C)c5=O)cc34)c2)cc1. The number of carbonyl (C=O) groups excluding carboxylic acids is 1. The number of benzene rings is 3. The number of hydrogen-bond donors (Lipinski definition) is 1. The number of fused-ring (bicyclic) bond motifs is 1. The van der Waals surface area contributed by atoms with Crippen LogP contribution < -0.4 is 25.4 Å². The van der Waals surface area contributed by atoms with Crippen LogP contribution in [-0.4, -0.2) is 41.5 Å². The summed E-state index contributed by atoms with van der Waals surface area (Å²) in [6.45, 7) is 1.17. The van der Waals surface area contributed by atoms with Crippen LogP contribution in [0.15, 0.2) is 81.2 Å². The summed E-state index contributed by atoms with van der Waals surface area (Å²) < 4.78 is 83.7. The second-order valence-corrected chi connectivity index (χ2v) is 12.2. The average Bonchev–Trinajstić information content (AvgIpc) is 3.41. The molecule has 0 fully saturated rings. The fraction of sp³-hybridized carbons (Fsp3) is 0.172. The van der Waals surface area contributed by atoms with Crippen LogP contribution in [0.4, 0.5) is 13.2 Å². The fourth-order valence-electron chi connectivity index (χ4n) is 4.48. The van der Waals surface area contributed by atoms with Gasteiger partial charge in [0.05, 0.1) is 28.1 Å². The molecule has 0 spiro atoms. The molecule has 234 valence electrons. The van der Waals surface area contributed by atoms with Crippen LogP contribution in [0.2, 0.25) is 0 Å². The van der Waals surface area contributed by atoms with Gasteiger partial charge >= 0.3 is 11.9 Å². The molecule has 5 aromatic rings. The van der Waals surface area contributed by atoms with Gasteiger partial charge in [-0.3, -0.25) is 14.2 Å². The zero-order valence-corrected chi connectivity index (χ0v) is 25.3. The van der Waals surface area contributed by atoms with Crippen molar-refractivity contribution in [2.24, 2.45) is 7.05 Å². The molecule has 2 aromatic heterocycles. The number of aromatic nitrogens is 3. The number of carbonyl (C=O) groups is 1. The predicted octanol–water partition coefficient (Wildman–Crippen LogP) is 4.03. The number of alkyl halides is 3. The number of ether oxygens (including phenoxy) is 2. The van der Waals surface area contributed by atoms with Crippen molar-refractivity contribution in [2.45, 2.75) is 18.0 Å². The maximum Gasteiger partial charge on any atom is 0.431 e. The molecule has 0 atom stereocenters. The minimum Gasteiger partial charge on any atom is -0.497 e. The fourth-order valence-corrected chi connectivity index (χ4v) is 6.22. The van der Waals surface area contributed by atoms with E-state index in [0.29, 0.717) is 42.3 Å². The number of sulfonamides is 1. The number of rotatable bonds is 8. The van der Waals surface area contributed by atoms with Crippen molar-refractivity contribution in [3.05, 3.63) is 98.8 Å². The second kappa shape index (κ2) is 11.9. The summed E-state index contributed by atoms with van der Waals surface area (Å²) in [5.74, 6) is -0.251. The first kappa shape index (κ1) is 31.5. The summed E-state index contributed by atoms with van der Waals surface area (Å²) in [5.41, 5.74) is -1.89. The number of methoxy groups -OCH3 is 1. The molecule has 0 saturated carbocycles. The number of nitrogens with zero attached hydrogens (tertiary/aromatic N) is 3. The number of amides is 1. The van der Waals surface area contributed by atoms with E-state index >= 15 is 0 Å². The molecule has 0 aliphatic carbocycles. The lowest BCUT2D eigenvalue weighted by molar-refractivity contribution is -0.144. The highest BCUT2D eigenvalue weighted by Crippen LogP contribution is 2.35. The maximum atomic E-state index is 13.3. The molecule has 5 rings (SSSR count). The Morgan fingerprint density at radius 3 is 2.36 bits per heavy atom. The van der Waals surface area contributed by atoms with Crippen LogP contribution in [0.1, 0.15) is 11.3 Å². The van der Waals surface area contributed by atoms with Crippen LogP contribution >= 0.6 is 11.5 Å². The quantitative estimate of drug-likeness (QED) is 0.263. The van der Waals surface area contributed by atoms with Gasteiger partial charge in [0.2, 0.25) is 0 Å². The molecule has 0 unspecified atom stereocenters. The van der Waals surface area contributed by atoms with Gasteiger partial charge in [0, 0.05) is 24.1 Å².